The molecule has 0 aliphatic heterocycles. The van der Waals surface area contributed by atoms with Gasteiger partial charge in [-0.15, -0.1) is 0 Å². The van der Waals surface area contributed by atoms with Gasteiger partial charge in [-0.05, 0) is 20.8 Å². The minimum absolute atomic E-state index is 0.139. The average molecular weight is 241 g/mol. The first-order chi connectivity index (χ1) is 7.91. The van der Waals surface area contributed by atoms with Crippen LogP contribution in [0.15, 0.2) is 6.33 Å². The van der Waals surface area contributed by atoms with E-state index < -0.39 is 5.97 Å². The van der Waals surface area contributed by atoms with Crippen LogP contribution in [-0.2, 0) is 16.0 Å². The first kappa shape index (κ1) is 13.5. The molecule has 1 rings (SSSR count). The summed E-state index contributed by atoms with van der Waals surface area (Å²) in [6.45, 7) is 6.97. The Hall–Kier alpha value is -1.56. The van der Waals surface area contributed by atoms with Crippen LogP contribution in [0.4, 0.5) is 5.82 Å². The summed E-state index contributed by atoms with van der Waals surface area (Å²) in [5.41, 5.74) is 5.60. The van der Waals surface area contributed by atoms with Gasteiger partial charge in [0.15, 0.2) is 5.69 Å². The number of nitrogens with zero attached hydrogens (tertiary/aromatic N) is 2. The van der Waals surface area contributed by atoms with E-state index in [4.69, 9.17) is 10.5 Å². The van der Waals surface area contributed by atoms with Gasteiger partial charge in [-0.25, -0.2) is 9.78 Å². The molecule has 17 heavy (non-hydrogen) atoms. The fourth-order valence-corrected chi connectivity index (χ4v) is 1.62. The zero-order valence-corrected chi connectivity index (χ0v) is 10.7. The molecule has 0 amide bonds. The van der Waals surface area contributed by atoms with Crippen LogP contribution >= 0.6 is 0 Å². The molecule has 1 aromatic rings. The number of ether oxygens (including phenoxy) is 2. The van der Waals surface area contributed by atoms with Gasteiger partial charge in [0.2, 0.25) is 0 Å². The van der Waals surface area contributed by atoms with Crippen LogP contribution in [0.25, 0.3) is 0 Å². The predicted molar refractivity (Wildman–Crippen MR) is 63.7 cm³/mol. The van der Waals surface area contributed by atoms with E-state index in [1.54, 1.807) is 4.57 Å². The van der Waals surface area contributed by atoms with Gasteiger partial charge in [0, 0.05) is 6.61 Å². The Morgan fingerprint density at radius 1 is 1.59 bits per heavy atom. The number of methoxy groups -OCH3 is 1. The molecule has 96 valence electrons. The zero-order chi connectivity index (χ0) is 13.1. The topological polar surface area (TPSA) is 79.4 Å². The van der Waals surface area contributed by atoms with Crippen molar-refractivity contribution in [1.29, 1.82) is 0 Å². The maximum Gasteiger partial charge on any atom is 0.360 e. The summed E-state index contributed by atoms with van der Waals surface area (Å²) in [4.78, 5) is 15.3. The van der Waals surface area contributed by atoms with Crippen LogP contribution in [0.1, 0.15) is 31.3 Å². The number of nitrogens with two attached hydrogens (primary N) is 1. The maximum absolute atomic E-state index is 11.3. The highest BCUT2D eigenvalue weighted by molar-refractivity contribution is 5.92. The number of hydrogen-bond acceptors (Lipinski definition) is 5. The Kier molecular flexibility index (Phi) is 4.11. The molecular formula is C11H19N3O3. The molecule has 0 fully saturated rings. The lowest BCUT2D eigenvalue weighted by atomic mass is 10.1. The summed E-state index contributed by atoms with van der Waals surface area (Å²) in [6.07, 6.45) is 1.52. The highest BCUT2D eigenvalue weighted by Gasteiger charge is 2.22. The molecule has 1 heterocycles. The van der Waals surface area contributed by atoms with Crippen LogP contribution in [0.3, 0.4) is 0 Å². The van der Waals surface area contributed by atoms with Crippen molar-refractivity contribution in [3.05, 3.63) is 12.0 Å². The second-order valence-electron chi connectivity index (χ2n) is 4.29. The number of imidazole rings is 1. The first-order valence-electron chi connectivity index (χ1n) is 5.44. The third-order valence-electron chi connectivity index (χ3n) is 2.34. The normalized spacial score (nSPS) is 11.5. The molecule has 0 aliphatic carbocycles. The van der Waals surface area contributed by atoms with Gasteiger partial charge in [-0.3, -0.25) is 0 Å². The Morgan fingerprint density at radius 2 is 2.24 bits per heavy atom. The van der Waals surface area contributed by atoms with Gasteiger partial charge >= 0.3 is 5.97 Å². The van der Waals surface area contributed by atoms with Crippen molar-refractivity contribution in [1.82, 2.24) is 9.55 Å². The monoisotopic (exact) mass is 241 g/mol. The van der Waals surface area contributed by atoms with E-state index in [-0.39, 0.29) is 11.3 Å². The molecule has 0 bridgehead atoms. The highest BCUT2D eigenvalue weighted by Crippen LogP contribution is 2.18. The third-order valence-corrected chi connectivity index (χ3v) is 2.34. The van der Waals surface area contributed by atoms with Crippen LogP contribution in [-0.4, -0.2) is 34.8 Å². The molecule has 0 atom stereocenters. The van der Waals surface area contributed by atoms with Crippen molar-refractivity contribution in [3.63, 3.8) is 0 Å². The SMILES string of the molecule is CCOC(C)(C)Cn1cnc(C(=O)OC)c1N. The van der Waals surface area contributed by atoms with Crippen LogP contribution in [0.5, 0.6) is 0 Å². The summed E-state index contributed by atoms with van der Waals surface area (Å²) in [6, 6.07) is 0. The zero-order valence-electron chi connectivity index (χ0n) is 10.7. The number of hydrogen-bond donors (Lipinski definition) is 1. The summed E-state index contributed by atoms with van der Waals surface area (Å²) in [5, 5.41) is 0. The van der Waals surface area contributed by atoms with E-state index in [0.29, 0.717) is 19.0 Å². The third kappa shape index (κ3) is 3.20. The molecule has 0 saturated carbocycles. The molecule has 2 N–H and O–H groups in total. The number of carbonyl (C=O) groups excluding carboxylic acids is 1. The molecule has 1 aromatic heterocycles. The Balaban J connectivity index is 2.87. The van der Waals surface area contributed by atoms with E-state index in [2.05, 4.69) is 9.72 Å². The second kappa shape index (κ2) is 5.18. The van der Waals surface area contributed by atoms with Crippen LogP contribution in [0, 0.1) is 0 Å². The van der Waals surface area contributed by atoms with Crippen molar-refractivity contribution in [2.45, 2.75) is 32.9 Å². The van der Waals surface area contributed by atoms with Crippen LogP contribution in [0.2, 0.25) is 0 Å². The van der Waals surface area contributed by atoms with E-state index >= 15 is 0 Å². The minimum atomic E-state index is -0.532. The summed E-state index contributed by atoms with van der Waals surface area (Å²) in [7, 11) is 1.30. The van der Waals surface area contributed by atoms with Gasteiger partial charge in [0.25, 0.3) is 0 Å². The van der Waals surface area contributed by atoms with Crippen LogP contribution < -0.4 is 5.73 Å². The Labute approximate surface area is 101 Å². The number of anilines is 1. The summed E-state index contributed by atoms with van der Waals surface area (Å²) >= 11 is 0. The summed E-state index contributed by atoms with van der Waals surface area (Å²) < 4.78 is 11.8. The van der Waals surface area contributed by atoms with E-state index in [0.717, 1.165) is 0 Å². The maximum atomic E-state index is 11.3. The van der Waals surface area contributed by atoms with Gasteiger partial charge in [0.1, 0.15) is 5.82 Å². The molecule has 6 heteroatoms. The molecule has 0 unspecified atom stereocenters. The number of esters is 1. The van der Waals surface area contributed by atoms with E-state index in [1.807, 2.05) is 20.8 Å². The Bertz CT molecular complexity index is 399. The lowest BCUT2D eigenvalue weighted by Gasteiger charge is -2.25. The van der Waals surface area contributed by atoms with Gasteiger partial charge in [-0.1, -0.05) is 0 Å². The number of rotatable bonds is 5. The molecule has 0 radical (unpaired) electrons. The van der Waals surface area contributed by atoms with E-state index in [9.17, 15) is 4.79 Å². The van der Waals surface area contributed by atoms with Crippen molar-refractivity contribution < 1.29 is 14.3 Å². The van der Waals surface area contributed by atoms with Gasteiger partial charge in [-0.2, -0.15) is 0 Å². The molecule has 0 saturated heterocycles. The lowest BCUT2D eigenvalue weighted by Crippen LogP contribution is -2.30. The lowest BCUT2D eigenvalue weighted by molar-refractivity contribution is -0.0220. The number of carbonyl (C=O) groups is 1. The molecular weight excluding hydrogens is 222 g/mol. The molecule has 0 aliphatic rings. The fraction of sp³-hybridized carbons (Fsp3) is 0.636. The van der Waals surface area contributed by atoms with Crippen molar-refractivity contribution >= 4 is 11.8 Å². The highest BCUT2D eigenvalue weighted by atomic mass is 16.5. The predicted octanol–water partition coefficient (Wildman–Crippen LogP) is 1.07. The molecule has 0 aromatic carbocycles. The Morgan fingerprint density at radius 3 is 2.76 bits per heavy atom. The minimum Gasteiger partial charge on any atom is -0.464 e. The second-order valence-corrected chi connectivity index (χ2v) is 4.29. The first-order valence-corrected chi connectivity index (χ1v) is 5.44. The standard InChI is InChI=1S/C11H19N3O3/c1-5-17-11(2,3)6-14-7-13-8(9(14)12)10(15)16-4/h7H,5-6,12H2,1-4H3. The van der Waals surface area contributed by atoms with Crippen molar-refractivity contribution in [2.24, 2.45) is 0 Å². The molecule has 0 spiro atoms. The quantitative estimate of drug-likeness (QED) is 0.780. The van der Waals surface area contributed by atoms with Gasteiger partial charge < -0.3 is 19.8 Å². The fourth-order valence-electron chi connectivity index (χ4n) is 1.62. The largest absolute Gasteiger partial charge is 0.464 e. The average Bonchev–Trinajstić information content (AvgIpc) is 2.59. The smallest absolute Gasteiger partial charge is 0.360 e. The van der Waals surface area contributed by atoms with Gasteiger partial charge in [0.05, 0.1) is 25.6 Å². The van der Waals surface area contributed by atoms with Crippen molar-refractivity contribution in [3.8, 4) is 0 Å². The van der Waals surface area contributed by atoms with Crippen molar-refractivity contribution in [2.75, 3.05) is 19.5 Å². The summed E-state index contributed by atoms with van der Waals surface area (Å²) in [5.74, 6) is -0.236. The number of nitrogen functional groups attached to an aromatic ring is 1. The van der Waals surface area contributed by atoms with E-state index in [1.165, 1.54) is 13.4 Å². The molecule has 6 nitrogen and oxygen atoms in total. The number of aromatic nitrogens is 2.